The van der Waals surface area contributed by atoms with Crippen molar-refractivity contribution in [3.63, 3.8) is 0 Å². The van der Waals surface area contributed by atoms with Gasteiger partial charge < -0.3 is 10.0 Å². The lowest BCUT2D eigenvalue weighted by Gasteiger charge is -2.17. The zero-order chi connectivity index (χ0) is 15.1. The normalized spacial score (nSPS) is 10.2. The molecule has 1 rings (SSSR count). The molecular weight excluding hydrogens is 262 g/mol. The van der Waals surface area contributed by atoms with Crippen molar-refractivity contribution in [1.82, 2.24) is 0 Å². The predicted octanol–water partition coefficient (Wildman–Crippen LogP) is 2.04. The zero-order valence-electron chi connectivity index (χ0n) is 10.8. The van der Waals surface area contributed by atoms with Crippen LogP contribution in [-0.4, -0.2) is 29.6 Å². The number of nitro benzene ring substituents is 1. The number of benzene rings is 1. The highest BCUT2D eigenvalue weighted by atomic mass is 16.6. The molecule has 7 heteroatoms. The highest BCUT2D eigenvalue weighted by molar-refractivity contribution is 5.85. The van der Waals surface area contributed by atoms with E-state index in [0.29, 0.717) is 17.8 Å². The van der Waals surface area contributed by atoms with Gasteiger partial charge in [0.2, 0.25) is 0 Å². The van der Waals surface area contributed by atoms with Crippen LogP contribution in [0.2, 0.25) is 0 Å². The summed E-state index contributed by atoms with van der Waals surface area (Å²) in [7, 11) is 1.66. The quantitative estimate of drug-likeness (QED) is 0.483. The molecule has 0 unspecified atom stereocenters. The second-order valence-corrected chi connectivity index (χ2v) is 4.01. The highest BCUT2D eigenvalue weighted by Crippen LogP contribution is 2.29. The zero-order valence-corrected chi connectivity index (χ0v) is 10.8. The Kier molecular flexibility index (Phi) is 5.23. The maximum atomic E-state index is 11.1. The molecule has 0 amide bonds. The van der Waals surface area contributed by atoms with Crippen LogP contribution in [0.5, 0.6) is 0 Å². The van der Waals surface area contributed by atoms with E-state index in [9.17, 15) is 14.9 Å². The topological polar surface area (TPSA) is 107 Å². The van der Waals surface area contributed by atoms with E-state index in [0.717, 1.165) is 6.08 Å². The van der Waals surface area contributed by atoms with Crippen LogP contribution in [0.4, 0.5) is 11.4 Å². The van der Waals surface area contributed by atoms with Gasteiger partial charge in [-0.2, -0.15) is 5.26 Å². The van der Waals surface area contributed by atoms with Crippen LogP contribution < -0.4 is 4.90 Å². The number of carboxylic acid groups (broad SMARTS) is 1. The summed E-state index contributed by atoms with van der Waals surface area (Å²) in [6.45, 7) is 0.377. The van der Waals surface area contributed by atoms with E-state index in [2.05, 4.69) is 0 Å². The molecule has 1 aromatic rings. The van der Waals surface area contributed by atoms with E-state index in [1.54, 1.807) is 18.0 Å². The number of hydrogen-bond donors (Lipinski definition) is 1. The van der Waals surface area contributed by atoms with Gasteiger partial charge in [-0.25, -0.2) is 4.79 Å². The molecule has 7 nitrogen and oxygen atoms in total. The van der Waals surface area contributed by atoms with Crippen LogP contribution in [0.25, 0.3) is 6.08 Å². The van der Waals surface area contributed by atoms with Gasteiger partial charge in [0.05, 0.1) is 17.4 Å². The van der Waals surface area contributed by atoms with Gasteiger partial charge in [-0.1, -0.05) is 6.07 Å². The summed E-state index contributed by atoms with van der Waals surface area (Å²) in [5.74, 6) is -1.12. The van der Waals surface area contributed by atoms with E-state index in [1.807, 2.05) is 6.07 Å². The average Bonchev–Trinajstić information content (AvgIpc) is 2.42. The molecule has 0 saturated carbocycles. The number of nitro groups is 1. The number of anilines is 1. The fourth-order valence-corrected chi connectivity index (χ4v) is 1.62. The van der Waals surface area contributed by atoms with Gasteiger partial charge in [0.15, 0.2) is 0 Å². The molecule has 0 saturated heterocycles. The predicted molar refractivity (Wildman–Crippen MR) is 73.3 cm³/mol. The Morgan fingerprint density at radius 2 is 2.30 bits per heavy atom. The van der Waals surface area contributed by atoms with Crippen LogP contribution in [0, 0.1) is 21.4 Å². The molecule has 20 heavy (non-hydrogen) atoms. The van der Waals surface area contributed by atoms with Crippen LogP contribution in [-0.2, 0) is 4.79 Å². The monoisotopic (exact) mass is 275 g/mol. The molecule has 0 fully saturated rings. The summed E-state index contributed by atoms with van der Waals surface area (Å²) in [6, 6.07) is 6.40. The smallest absolute Gasteiger partial charge is 0.328 e. The first-order valence-electron chi connectivity index (χ1n) is 5.73. The molecule has 104 valence electrons. The van der Waals surface area contributed by atoms with E-state index >= 15 is 0 Å². The van der Waals surface area contributed by atoms with Crippen molar-refractivity contribution in [2.45, 2.75) is 6.42 Å². The van der Waals surface area contributed by atoms with Crippen molar-refractivity contribution in [1.29, 1.82) is 5.26 Å². The molecule has 0 atom stereocenters. The molecule has 0 radical (unpaired) electrons. The fraction of sp³-hybridized carbons (Fsp3) is 0.231. The Morgan fingerprint density at radius 3 is 2.85 bits per heavy atom. The number of nitrogens with zero attached hydrogens (tertiary/aromatic N) is 3. The van der Waals surface area contributed by atoms with Crippen LogP contribution in [0.1, 0.15) is 12.0 Å². The minimum absolute atomic E-state index is 0.127. The third-order valence-corrected chi connectivity index (χ3v) is 2.58. The number of carboxylic acids is 1. The Hall–Kier alpha value is -2.88. The van der Waals surface area contributed by atoms with Gasteiger partial charge >= 0.3 is 5.97 Å². The molecule has 0 heterocycles. The molecule has 1 aromatic carbocycles. The van der Waals surface area contributed by atoms with Gasteiger partial charge in [-0.15, -0.1) is 0 Å². The van der Waals surface area contributed by atoms with Crippen molar-refractivity contribution in [2.24, 2.45) is 0 Å². The van der Waals surface area contributed by atoms with E-state index in [1.165, 1.54) is 18.2 Å². The maximum Gasteiger partial charge on any atom is 0.328 e. The maximum absolute atomic E-state index is 11.1. The summed E-state index contributed by atoms with van der Waals surface area (Å²) >= 11 is 0. The first-order chi connectivity index (χ1) is 9.45. The van der Waals surface area contributed by atoms with E-state index < -0.39 is 10.9 Å². The van der Waals surface area contributed by atoms with Crippen molar-refractivity contribution in [3.05, 3.63) is 40.0 Å². The summed E-state index contributed by atoms with van der Waals surface area (Å²) in [5.41, 5.74) is 0.687. The van der Waals surface area contributed by atoms with Crippen LogP contribution >= 0.6 is 0 Å². The molecular formula is C13H13N3O4. The van der Waals surface area contributed by atoms with Gasteiger partial charge in [0.25, 0.3) is 5.69 Å². The minimum atomic E-state index is -1.12. The number of hydrogen-bond acceptors (Lipinski definition) is 5. The molecule has 0 aliphatic heterocycles. The minimum Gasteiger partial charge on any atom is -0.478 e. The first-order valence-corrected chi connectivity index (χ1v) is 5.73. The molecule has 0 aliphatic carbocycles. The van der Waals surface area contributed by atoms with Crippen LogP contribution in [0.15, 0.2) is 24.3 Å². The highest BCUT2D eigenvalue weighted by Gasteiger charge is 2.17. The lowest BCUT2D eigenvalue weighted by Crippen LogP contribution is -2.19. The number of aliphatic carboxylic acids is 1. The number of nitriles is 1. The largest absolute Gasteiger partial charge is 0.478 e. The van der Waals surface area contributed by atoms with Crippen molar-refractivity contribution >= 4 is 23.4 Å². The summed E-state index contributed by atoms with van der Waals surface area (Å²) in [5, 5.41) is 28.1. The van der Waals surface area contributed by atoms with E-state index in [4.69, 9.17) is 10.4 Å². The third-order valence-electron chi connectivity index (χ3n) is 2.58. The van der Waals surface area contributed by atoms with Gasteiger partial charge in [-0.3, -0.25) is 10.1 Å². The van der Waals surface area contributed by atoms with Crippen molar-refractivity contribution in [2.75, 3.05) is 18.5 Å². The average molecular weight is 275 g/mol. The lowest BCUT2D eigenvalue weighted by atomic mass is 10.1. The van der Waals surface area contributed by atoms with Gasteiger partial charge in [0, 0.05) is 25.7 Å². The summed E-state index contributed by atoms with van der Waals surface area (Å²) in [4.78, 5) is 22.6. The standard InChI is InChI=1S/C13H13N3O4/c1-15(8-2-7-14)11-5-3-10(4-6-13(17)18)9-12(11)16(19)20/h3-6,9H,2,8H2,1H3,(H,17,18)/b6-4+. The Labute approximate surface area is 115 Å². The molecule has 0 bridgehead atoms. The van der Waals surface area contributed by atoms with Crippen molar-refractivity contribution in [3.8, 4) is 6.07 Å². The Bertz CT molecular complexity index is 590. The summed E-state index contributed by atoms with van der Waals surface area (Å²) in [6.07, 6.45) is 2.46. The number of carbonyl (C=O) groups is 1. The summed E-state index contributed by atoms with van der Waals surface area (Å²) < 4.78 is 0. The van der Waals surface area contributed by atoms with Crippen molar-refractivity contribution < 1.29 is 14.8 Å². The SMILES string of the molecule is CN(CCC#N)c1ccc(/C=C/C(=O)O)cc1[N+](=O)[O-]. The Balaban J connectivity index is 3.11. The first kappa shape index (κ1) is 15.2. The molecule has 0 aromatic heterocycles. The van der Waals surface area contributed by atoms with Gasteiger partial charge in [0.1, 0.15) is 5.69 Å². The fourth-order valence-electron chi connectivity index (χ4n) is 1.62. The Morgan fingerprint density at radius 1 is 1.60 bits per heavy atom. The van der Waals surface area contributed by atoms with Crippen LogP contribution in [0.3, 0.4) is 0 Å². The number of rotatable bonds is 6. The molecule has 1 N–H and O–H groups in total. The lowest BCUT2D eigenvalue weighted by molar-refractivity contribution is -0.384. The molecule has 0 aliphatic rings. The van der Waals surface area contributed by atoms with Gasteiger partial charge in [-0.05, 0) is 17.7 Å². The second kappa shape index (κ2) is 6.89. The molecule has 0 spiro atoms. The third kappa shape index (κ3) is 4.10. The second-order valence-electron chi connectivity index (χ2n) is 4.01. The van der Waals surface area contributed by atoms with E-state index in [-0.39, 0.29) is 12.1 Å².